The minimum Gasteiger partial charge on any atom is -0.507 e. The average Bonchev–Trinajstić information content (AvgIpc) is 2.39. The summed E-state index contributed by atoms with van der Waals surface area (Å²) >= 11 is 0. The molecule has 3 heteroatoms. The number of phenols is 1. The van der Waals surface area contributed by atoms with E-state index in [0.717, 1.165) is 5.56 Å². The third-order valence-corrected chi connectivity index (χ3v) is 2.63. The van der Waals surface area contributed by atoms with Gasteiger partial charge in [-0.3, -0.25) is 4.99 Å². The molecule has 0 fully saturated rings. The lowest BCUT2D eigenvalue weighted by Gasteiger charge is -1.99. The lowest BCUT2D eigenvalue weighted by Crippen LogP contribution is -1.83. The van der Waals surface area contributed by atoms with E-state index in [0.29, 0.717) is 16.8 Å². The van der Waals surface area contributed by atoms with Gasteiger partial charge in [0.2, 0.25) is 0 Å². The summed E-state index contributed by atoms with van der Waals surface area (Å²) in [5, 5.41) is 18.5. The molecule has 0 unspecified atom stereocenters. The Balaban J connectivity index is 2.30. The van der Waals surface area contributed by atoms with Crippen molar-refractivity contribution in [3.05, 3.63) is 59.2 Å². The van der Waals surface area contributed by atoms with E-state index in [1.54, 1.807) is 30.5 Å². The van der Waals surface area contributed by atoms with Crippen LogP contribution < -0.4 is 0 Å². The molecule has 0 atom stereocenters. The van der Waals surface area contributed by atoms with E-state index in [-0.39, 0.29) is 5.75 Å². The highest BCUT2D eigenvalue weighted by Crippen LogP contribution is 2.19. The molecule has 2 rings (SSSR count). The van der Waals surface area contributed by atoms with Crippen LogP contribution in [-0.2, 0) is 0 Å². The van der Waals surface area contributed by atoms with Gasteiger partial charge in [0.15, 0.2) is 0 Å². The number of aromatic hydroxyl groups is 1. The van der Waals surface area contributed by atoms with Gasteiger partial charge in [-0.2, -0.15) is 5.26 Å². The largest absolute Gasteiger partial charge is 0.507 e. The molecule has 0 bridgehead atoms. The lowest BCUT2D eigenvalue weighted by atomic mass is 10.1. The number of aliphatic imine (C=N–C) groups is 1. The van der Waals surface area contributed by atoms with E-state index in [9.17, 15) is 5.11 Å². The van der Waals surface area contributed by atoms with Crippen molar-refractivity contribution in [2.45, 2.75) is 6.92 Å². The fourth-order valence-corrected chi connectivity index (χ4v) is 1.55. The molecule has 88 valence electrons. The Labute approximate surface area is 106 Å². The zero-order chi connectivity index (χ0) is 13.0. The number of nitrogens with zero attached hydrogens (tertiary/aromatic N) is 2. The maximum absolute atomic E-state index is 9.59. The number of rotatable bonds is 2. The molecule has 2 aromatic carbocycles. The summed E-state index contributed by atoms with van der Waals surface area (Å²) in [6.45, 7) is 1.88. The predicted octanol–water partition coefficient (Wildman–Crippen LogP) is 3.32. The van der Waals surface area contributed by atoms with Gasteiger partial charge in [0, 0.05) is 11.8 Å². The number of aryl methyl sites for hydroxylation is 1. The summed E-state index contributed by atoms with van der Waals surface area (Å²) in [4.78, 5) is 4.25. The lowest BCUT2D eigenvalue weighted by molar-refractivity contribution is 0.474. The minimum absolute atomic E-state index is 0.189. The highest BCUT2D eigenvalue weighted by molar-refractivity contribution is 5.85. The smallest absolute Gasteiger partial charge is 0.124 e. The van der Waals surface area contributed by atoms with Gasteiger partial charge in [-0.15, -0.1) is 0 Å². The summed E-state index contributed by atoms with van der Waals surface area (Å²) in [6.07, 6.45) is 1.58. The first-order chi connectivity index (χ1) is 8.70. The Morgan fingerprint density at radius 2 is 2.00 bits per heavy atom. The van der Waals surface area contributed by atoms with E-state index in [1.165, 1.54) is 0 Å². The standard InChI is InChI=1S/C15H12N2O/c1-11-6-7-14(8-13(11)9-16)17-10-12-4-2-3-5-15(12)18/h2-8,10,18H,1H3/b17-10+. The molecule has 1 N–H and O–H groups in total. The zero-order valence-corrected chi connectivity index (χ0v) is 9.96. The second-order valence-corrected chi connectivity index (χ2v) is 3.93. The Morgan fingerprint density at radius 3 is 2.72 bits per heavy atom. The highest BCUT2D eigenvalue weighted by atomic mass is 16.3. The van der Waals surface area contributed by atoms with Crippen molar-refractivity contribution in [3.63, 3.8) is 0 Å². The van der Waals surface area contributed by atoms with Crippen LogP contribution >= 0.6 is 0 Å². The number of hydrogen-bond donors (Lipinski definition) is 1. The van der Waals surface area contributed by atoms with Gasteiger partial charge < -0.3 is 5.11 Å². The van der Waals surface area contributed by atoms with Crippen LogP contribution in [-0.4, -0.2) is 11.3 Å². The average molecular weight is 236 g/mol. The van der Waals surface area contributed by atoms with Crippen molar-refractivity contribution in [1.82, 2.24) is 0 Å². The quantitative estimate of drug-likeness (QED) is 0.813. The van der Waals surface area contributed by atoms with Crippen molar-refractivity contribution in [2.24, 2.45) is 4.99 Å². The first-order valence-corrected chi connectivity index (χ1v) is 5.53. The Kier molecular flexibility index (Phi) is 3.40. The molecule has 0 amide bonds. The predicted molar refractivity (Wildman–Crippen MR) is 71.3 cm³/mol. The molecular weight excluding hydrogens is 224 g/mol. The first kappa shape index (κ1) is 11.9. The van der Waals surface area contributed by atoms with Crippen LogP contribution in [0, 0.1) is 18.3 Å². The minimum atomic E-state index is 0.189. The zero-order valence-electron chi connectivity index (χ0n) is 9.96. The molecule has 0 heterocycles. The van der Waals surface area contributed by atoms with Crippen molar-refractivity contribution in [1.29, 1.82) is 5.26 Å². The number of para-hydroxylation sites is 1. The molecule has 0 saturated heterocycles. The van der Waals surface area contributed by atoms with Crippen molar-refractivity contribution < 1.29 is 5.11 Å². The third-order valence-electron chi connectivity index (χ3n) is 2.63. The summed E-state index contributed by atoms with van der Waals surface area (Å²) in [7, 11) is 0. The molecule has 2 aromatic rings. The van der Waals surface area contributed by atoms with Crippen molar-refractivity contribution in [2.75, 3.05) is 0 Å². The van der Waals surface area contributed by atoms with Crippen LogP contribution in [0.3, 0.4) is 0 Å². The number of phenolic OH excluding ortho intramolecular Hbond substituents is 1. The molecule has 0 radical (unpaired) electrons. The van der Waals surface area contributed by atoms with Gasteiger partial charge in [0.25, 0.3) is 0 Å². The normalized spacial score (nSPS) is 10.4. The fraction of sp³-hybridized carbons (Fsp3) is 0.0667. The Hall–Kier alpha value is -2.60. The number of hydrogen-bond acceptors (Lipinski definition) is 3. The van der Waals surface area contributed by atoms with E-state index in [1.807, 2.05) is 25.1 Å². The van der Waals surface area contributed by atoms with Gasteiger partial charge in [-0.05, 0) is 36.8 Å². The maximum Gasteiger partial charge on any atom is 0.124 e. The second-order valence-electron chi connectivity index (χ2n) is 3.93. The molecule has 0 saturated carbocycles. The van der Waals surface area contributed by atoms with Gasteiger partial charge in [-0.1, -0.05) is 18.2 Å². The summed E-state index contributed by atoms with van der Waals surface area (Å²) < 4.78 is 0. The van der Waals surface area contributed by atoms with Gasteiger partial charge in [0.1, 0.15) is 5.75 Å². The number of nitriles is 1. The van der Waals surface area contributed by atoms with Crippen LogP contribution in [0.25, 0.3) is 0 Å². The fourth-order valence-electron chi connectivity index (χ4n) is 1.55. The second kappa shape index (κ2) is 5.15. The Morgan fingerprint density at radius 1 is 1.22 bits per heavy atom. The van der Waals surface area contributed by atoms with E-state index >= 15 is 0 Å². The summed E-state index contributed by atoms with van der Waals surface area (Å²) in [6, 6.07) is 14.5. The SMILES string of the molecule is Cc1ccc(/N=C/c2ccccc2O)cc1C#N. The molecule has 0 aliphatic heterocycles. The third kappa shape index (κ3) is 2.55. The molecule has 18 heavy (non-hydrogen) atoms. The molecule has 0 aromatic heterocycles. The number of benzene rings is 2. The monoisotopic (exact) mass is 236 g/mol. The van der Waals surface area contributed by atoms with Gasteiger partial charge >= 0.3 is 0 Å². The van der Waals surface area contributed by atoms with E-state index in [4.69, 9.17) is 5.26 Å². The van der Waals surface area contributed by atoms with E-state index in [2.05, 4.69) is 11.1 Å². The van der Waals surface area contributed by atoms with Crippen molar-refractivity contribution >= 4 is 11.9 Å². The van der Waals surface area contributed by atoms with Crippen molar-refractivity contribution in [3.8, 4) is 11.8 Å². The maximum atomic E-state index is 9.59. The summed E-state index contributed by atoms with van der Waals surface area (Å²) in [5.74, 6) is 0.189. The van der Waals surface area contributed by atoms with Crippen LogP contribution in [0.4, 0.5) is 5.69 Å². The molecule has 0 aliphatic carbocycles. The topological polar surface area (TPSA) is 56.4 Å². The van der Waals surface area contributed by atoms with Gasteiger partial charge in [0.05, 0.1) is 17.3 Å². The molecular formula is C15H12N2O. The Bertz CT molecular complexity index is 639. The highest BCUT2D eigenvalue weighted by Gasteiger charge is 1.99. The summed E-state index contributed by atoms with van der Waals surface area (Å²) in [5.41, 5.74) is 2.89. The molecule has 0 spiro atoms. The van der Waals surface area contributed by atoms with Crippen LogP contribution in [0.2, 0.25) is 0 Å². The van der Waals surface area contributed by atoms with Crippen LogP contribution in [0.1, 0.15) is 16.7 Å². The van der Waals surface area contributed by atoms with Crippen LogP contribution in [0.5, 0.6) is 5.75 Å². The van der Waals surface area contributed by atoms with Crippen LogP contribution in [0.15, 0.2) is 47.5 Å². The molecule has 0 aliphatic rings. The van der Waals surface area contributed by atoms with Gasteiger partial charge in [-0.25, -0.2) is 0 Å². The first-order valence-electron chi connectivity index (χ1n) is 5.53. The molecule has 3 nitrogen and oxygen atoms in total. The van der Waals surface area contributed by atoms with E-state index < -0.39 is 0 Å².